The maximum absolute atomic E-state index is 13.4. The molecule has 3 N–H and O–H groups in total. The molecule has 0 aliphatic heterocycles. The van der Waals surface area contributed by atoms with Crippen molar-refractivity contribution in [2.75, 3.05) is 5.32 Å². The van der Waals surface area contributed by atoms with Crippen molar-refractivity contribution in [1.29, 1.82) is 0 Å². The number of aliphatic hydroxyl groups excluding tert-OH is 1. The van der Waals surface area contributed by atoms with Crippen LogP contribution in [0.2, 0.25) is 0 Å². The first-order valence-electron chi connectivity index (χ1n) is 6.36. The highest BCUT2D eigenvalue weighted by Crippen LogP contribution is 2.21. The summed E-state index contributed by atoms with van der Waals surface area (Å²) in [5, 5.41) is 14.1. The molecular weight excluding hydrogens is 273 g/mol. The summed E-state index contributed by atoms with van der Waals surface area (Å²) in [6.07, 6.45) is 2.07. The van der Waals surface area contributed by atoms with E-state index in [1.165, 1.54) is 0 Å². The number of aliphatic hydroxyl groups is 1. The number of anilines is 1. The van der Waals surface area contributed by atoms with Crippen LogP contribution in [0.5, 0.6) is 0 Å². The minimum Gasteiger partial charge on any atom is -0.393 e. The zero-order chi connectivity index (χ0) is 14.7. The molecule has 1 aliphatic carbocycles. The van der Waals surface area contributed by atoms with Crippen molar-refractivity contribution in [3.63, 3.8) is 0 Å². The van der Waals surface area contributed by atoms with E-state index in [9.17, 15) is 23.1 Å². The molecule has 0 saturated heterocycles. The molecular formula is C13H15F3N2O2. The van der Waals surface area contributed by atoms with Crippen molar-refractivity contribution in [2.24, 2.45) is 0 Å². The van der Waals surface area contributed by atoms with Gasteiger partial charge in [-0.25, -0.2) is 18.0 Å². The zero-order valence-corrected chi connectivity index (χ0v) is 10.6. The van der Waals surface area contributed by atoms with Crippen molar-refractivity contribution in [3.8, 4) is 0 Å². The Kier molecular flexibility index (Phi) is 4.49. The topological polar surface area (TPSA) is 61.4 Å². The van der Waals surface area contributed by atoms with Gasteiger partial charge in [-0.3, -0.25) is 0 Å². The predicted molar refractivity (Wildman–Crippen MR) is 66.7 cm³/mol. The van der Waals surface area contributed by atoms with Crippen molar-refractivity contribution >= 4 is 11.7 Å². The van der Waals surface area contributed by atoms with Crippen molar-refractivity contribution in [3.05, 3.63) is 29.6 Å². The second kappa shape index (κ2) is 6.13. The molecule has 4 nitrogen and oxygen atoms in total. The first kappa shape index (κ1) is 14.6. The molecule has 110 valence electrons. The van der Waals surface area contributed by atoms with Crippen LogP contribution in [0.15, 0.2) is 12.1 Å². The van der Waals surface area contributed by atoms with Gasteiger partial charge >= 0.3 is 6.03 Å². The van der Waals surface area contributed by atoms with Crippen molar-refractivity contribution < 1.29 is 23.1 Å². The van der Waals surface area contributed by atoms with E-state index in [1.807, 2.05) is 0 Å². The lowest BCUT2D eigenvalue weighted by atomic mass is 9.93. The number of hydrogen-bond acceptors (Lipinski definition) is 2. The van der Waals surface area contributed by atoms with Crippen LogP contribution in [0.3, 0.4) is 0 Å². The first-order valence-corrected chi connectivity index (χ1v) is 6.36. The second-order valence-electron chi connectivity index (χ2n) is 4.83. The van der Waals surface area contributed by atoms with Gasteiger partial charge in [0, 0.05) is 6.04 Å². The van der Waals surface area contributed by atoms with Crippen LogP contribution in [0.4, 0.5) is 23.7 Å². The minimum absolute atomic E-state index is 0.119. The average Bonchev–Trinajstić information content (AvgIpc) is 2.42. The molecule has 0 bridgehead atoms. The normalized spacial score (nSPS) is 22.4. The third-order valence-electron chi connectivity index (χ3n) is 3.32. The number of amides is 2. The molecule has 0 aromatic heterocycles. The first-order chi connectivity index (χ1) is 9.47. The van der Waals surface area contributed by atoms with Crippen LogP contribution in [-0.2, 0) is 0 Å². The molecule has 0 radical (unpaired) electrons. The van der Waals surface area contributed by atoms with Crippen LogP contribution in [0.25, 0.3) is 0 Å². The van der Waals surface area contributed by atoms with Crippen molar-refractivity contribution in [1.82, 2.24) is 5.32 Å². The number of rotatable bonds is 2. The Hall–Kier alpha value is -1.76. The highest BCUT2D eigenvalue weighted by Gasteiger charge is 2.21. The Labute approximate surface area is 114 Å². The zero-order valence-electron chi connectivity index (χ0n) is 10.6. The van der Waals surface area contributed by atoms with Crippen LogP contribution >= 0.6 is 0 Å². The fourth-order valence-electron chi connectivity index (χ4n) is 2.19. The molecule has 0 heterocycles. The number of nitrogens with one attached hydrogen (secondary N) is 2. The molecule has 1 aromatic carbocycles. The molecule has 2 amide bonds. The number of urea groups is 1. The Balaban J connectivity index is 1.93. The number of halogens is 3. The molecule has 0 spiro atoms. The van der Waals surface area contributed by atoms with Gasteiger partial charge < -0.3 is 15.7 Å². The van der Waals surface area contributed by atoms with Crippen LogP contribution < -0.4 is 10.6 Å². The minimum atomic E-state index is -1.62. The van der Waals surface area contributed by atoms with Gasteiger partial charge in [0.15, 0.2) is 17.5 Å². The monoisotopic (exact) mass is 288 g/mol. The van der Waals surface area contributed by atoms with E-state index < -0.39 is 29.2 Å². The van der Waals surface area contributed by atoms with E-state index >= 15 is 0 Å². The van der Waals surface area contributed by atoms with Crippen LogP contribution in [0.1, 0.15) is 25.7 Å². The highest BCUT2D eigenvalue weighted by atomic mass is 19.2. The quantitative estimate of drug-likeness (QED) is 0.732. The smallest absolute Gasteiger partial charge is 0.319 e. The van der Waals surface area contributed by atoms with Gasteiger partial charge in [-0.1, -0.05) is 0 Å². The summed E-state index contributed by atoms with van der Waals surface area (Å²) < 4.78 is 39.1. The molecule has 0 unspecified atom stereocenters. The lowest BCUT2D eigenvalue weighted by Crippen LogP contribution is -2.41. The number of hydrogen-bond donors (Lipinski definition) is 3. The van der Waals surface area contributed by atoms with Gasteiger partial charge in [0.2, 0.25) is 0 Å². The lowest BCUT2D eigenvalue weighted by molar-refractivity contribution is 0.118. The van der Waals surface area contributed by atoms with E-state index in [0.29, 0.717) is 25.7 Å². The average molecular weight is 288 g/mol. The number of benzene rings is 1. The Bertz CT molecular complexity index is 503. The van der Waals surface area contributed by atoms with Gasteiger partial charge in [-0.05, 0) is 37.8 Å². The maximum atomic E-state index is 13.4. The van der Waals surface area contributed by atoms with Crippen LogP contribution in [-0.4, -0.2) is 23.3 Å². The summed E-state index contributed by atoms with van der Waals surface area (Å²) >= 11 is 0. The predicted octanol–water partition coefficient (Wildman–Crippen LogP) is 2.53. The molecule has 1 fully saturated rings. The summed E-state index contributed by atoms with van der Waals surface area (Å²) in [7, 11) is 0. The van der Waals surface area contributed by atoms with E-state index in [-0.39, 0.29) is 12.1 Å². The van der Waals surface area contributed by atoms with E-state index in [1.54, 1.807) is 0 Å². The third kappa shape index (κ3) is 3.41. The Morgan fingerprint density at radius 1 is 1.10 bits per heavy atom. The molecule has 1 aliphatic rings. The second-order valence-corrected chi connectivity index (χ2v) is 4.83. The molecule has 1 saturated carbocycles. The standard InChI is InChI=1S/C13H15F3N2O2/c14-9-5-6-10(12(16)11(9)15)18-13(20)17-7-1-3-8(19)4-2-7/h5-8,19H,1-4H2,(H2,17,18,20). The van der Waals surface area contributed by atoms with Gasteiger partial charge in [-0.15, -0.1) is 0 Å². The number of carbonyl (C=O) groups is 1. The molecule has 7 heteroatoms. The molecule has 0 atom stereocenters. The fourth-order valence-corrected chi connectivity index (χ4v) is 2.19. The number of carbonyl (C=O) groups excluding carboxylic acids is 1. The Morgan fingerprint density at radius 2 is 1.75 bits per heavy atom. The summed E-state index contributed by atoms with van der Waals surface area (Å²) in [5.74, 6) is -4.36. The van der Waals surface area contributed by atoms with E-state index in [4.69, 9.17) is 0 Å². The summed E-state index contributed by atoms with van der Waals surface area (Å²) in [6.45, 7) is 0. The highest BCUT2D eigenvalue weighted by molar-refractivity contribution is 5.89. The summed E-state index contributed by atoms with van der Waals surface area (Å²) in [4.78, 5) is 11.6. The van der Waals surface area contributed by atoms with E-state index in [2.05, 4.69) is 10.6 Å². The SMILES string of the molecule is O=C(Nc1ccc(F)c(F)c1F)NC1CCC(O)CC1. The fraction of sp³-hybridized carbons (Fsp3) is 0.462. The van der Waals surface area contributed by atoms with Gasteiger partial charge in [0.1, 0.15) is 0 Å². The van der Waals surface area contributed by atoms with Gasteiger partial charge in [0.05, 0.1) is 11.8 Å². The molecule has 20 heavy (non-hydrogen) atoms. The van der Waals surface area contributed by atoms with Crippen LogP contribution in [0, 0.1) is 17.5 Å². The lowest BCUT2D eigenvalue weighted by Gasteiger charge is -2.26. The molecule has 1 aromatic rings. The third-order valence-corrected chi connectivity index (χ3v) is 3.32. The largest absolute Gasteiger partial charge is 0.393 e. The Morgan fingerprint density at radius 3 is 2.40 bits per heavy atom. The van der Waals surface area contributed by atoms with E-state index in [0.717, 1.165) is 12.1 Å². The summed E-state index contributed by atoms with van der Waals surface area (Å²) in [6, 6.07) is 0.895. The summed E-state index contributed by atoms with van der Waals surface area (Å²) in [5.41, 5.74) is -0.419. The van der Waals surface area contributed by atoms with Gasteiger partial charge in [0.25, 0.3) is 0 Å². The maximum Gasteiger partial charge on any atom is 0.319 e. The van der Waals surface area contributed by atoms with Gasteiger partial charge in [-0.2, -0.15) is 0 Å². The molecule has 2 rings (SSSR count). The van der Waals surface area contributed by atoms with Crippen molar-refractivity contribution in [2.45, 2.75) is 37.8 Å².